The number of hydrogen-bond donors (Lipinski definition) is 0. The standard InChI is InChI=1S/C18H18O2S/c1-14(19)18(15(2)20,13-16-9-5-3-6-10-16)21-17-11-7-4-8-12-17/h3-12H,13H2,1-2H3. The number of Topliss-reactive ketones (excluding diaryl/α,β-unsaturated/α-hetero) is 2. The molecule has 0 radical (unpaired) electrons. The van der Waals surface area contributed by atoms with Gasteiger partial charge in [-0.05, 0) is 31.5 Å². The molecule has 3 heteroatoms. The van der Waals surface area contributed by atoms with Gasteiger partial charge in [0.15, 0.2) is 11.6 Å². The SMILES string of the molecule is CC(=O)C(Cc1ccccc1)(Sc1ccccc1)C(C)=O. The first-order valence-electron chi connectivity index (χ1n) is 6.84. The van der Waals surface area contributed by atoms with E-state index in [4.69, 9.17) is 0 Å². The van der Waals surface area contributed by atoms with E-state index in [2.05, 4.69) is 0 Å². The summed E-state index contributed by atoms with van der Waals surface area (Å²) in [6, 6.07) is 19.3. The molecule has 21 heavy (non-hydrogen) atoms. The lowest BCUT2D eigenvalue weighted by Crippen LogP contribution is -2.43. The summed E-state index contributed by atoms with van der Waals surface area (Å²) in [6.45, 7) is 3.00. The minimum absolute atomic E-state index is 0.104. The fraction of sp³-hybridized carbons (Fsp3) is 0.222. The Morgan fingerprint density at radius 3 is 1.81 bits per heavy atom. The number of rotatable bonds is 6. The Hall–Kier alpha value is -1.87. The van der Waals surface area contributed by atoms with Gasteiger partial charge in [-0.3, -0.25) is 9.59 Å². The van der Waals surface area contributed by atoms with Crippen LogP contribution in [0.5, 0.6) is 0 Å². The molecule has 0 aliphatic heterocycles. The lowest BCUT2D eigenvalue weighted by Gasteiger charge is -2.28. The summed E-state index contributed by atoms with van der Waals surface area (Å²) < 4.78 is -1.05. The monoisotopic (exact) mass is 298 g/mol. The highest BCUT2D eigenvalue weighted by Gasteiger charge is 2.41. The summed E-state index contributed by atoms with van der Waals surface area (Å²) in [5.41, 5.74) is 0.992. The Bertz CT molecular complexity index is 563. The molecule has 0 spiro atoms. The molecule has 0 saturated carbocycles. The minimum atomic E-state index is -1.05. The van der Waals surface area contributed by atoms with Crippen molar-refractivity contribution in [1.82, 2.24) is 0 Å². The van der Waals surface area contributed by atoms with Gasteiger partial charge in [0.05, 0.1) is 0 Å². The van der Waals surface area contributed by atoms with Gasteiger partial charge in [0.25, 0.3) is 0 Å². The molecule has 2 nitrogen and oxygen atoms in total. The van der Waals surface area contributed by atoms with E-state index in [0.29, 0.717) is 6.42 Å². The van der Waals surface area contributed by atoms with Gasteiger partial charge in [-0.1, -0.05) is 48.5 Å². The second-order valence-electron chi connectivity index (χ2n) is 5.02. The van der Waals surface area contributed by atoms with Crippen LogP contribution in [0.4, 0.5) is 0 Å². The maximum absolute atomic E-state index is 12.3. The highest BCUT2D eigenvalue weighted by molar-refractivity contribution is 8.02. The molecular formula is C18H18O2S. The zero-order valence-corrected chi connectivity index (χ0v) is 13.0. The minimum Gasteiger partial charge on any atom is -0.298 e. The van der Waals surface area contributed by atoms with E-state index in [0.717, 1.165) is 10.5 Å². The molecule has 2 aromatic rings. The van der Waals surface area contributed by atoms with Crippen LogP contribution in [-0.2, 0) is 16.0 Å². The summed E-state index contributed by atoms with van der Waals surface area (Å²) >= 11 is 1.35. The average Bonchev–Trinajstić information content (AvgIpc) is 2.48. The normalized spacial score (nSPS) is 11.1. The van der Waals surface area contributed by atoms with E-state index >= 15 is 0 Å². The van der Waals surface area contributed by atoms with Gasteiger partial charge in [-0.2, -0.15) is 0 Å². The molecule has 0 aromatic heterocycles. The van der Waals surface area contributed by atoms with E-state index in [1.807, 2.05) is 60.7 Å². The van der Waals surface area contributed by atoms with Crippen molar-refractivity contribution in [2.75, 3.05) is 0 Å². The Balaban J connectivity index is 2.38. The van der Waals surface area contributed by atoms with Gasteiger partial charge in [0.1, 0.15) is 4.75 Å². The Kier molecular flexibility index (Phi) is 4.97. The van der Waals surface area contributed by atoms with Crippen LogP contribution in [0.25, 0.3) is 0 Å². The van der Waals surface area contributed by atoms with Gasteiger partial charge in [0.2, 0.25) is 0 Å². The number of ketones is 2. The molecule has 0 heterocycles. The van der Waals surface area contributed by atoms with Crippen LogP contribution in [0.15, 0.2) is 65.6 Å². The maximum Gasteiger partial charge on any atom is 0.154 e. The molecule has 0 aliphatic rings. The van der Waals surface area contributed by atoms with E-state index in [1.54, 1.807) is 0 Å². The first kappa shape index (κ1) is 15.5. The fourth-order valence-corrected chi connectivity index (χ4v) is 3.47. The summed E-state index contributed by atoms with van der Waals surface area (Å²) in [5, 5.41) is 0. The van der Waals surface area contributed by atoms with Crippen molar-refractivity contribution < 1.29 is 9.59 Å². The average molecular weight is 298 g/mol. The van der Waals surface area contributed by atoms with Gasteiger partial charge >= 0.3 is 0 Å². The van der Waals surface area contributed by atoms with Gasteiger partial charge in [-0.25, -0.2) is 0 Å². The van der Waals surface area contributed by atoms with Crippen molar-refractivity contribution in [3.05, 3.63) is 66.2 Å². The third-order valence-corrected chi connectivity index (χ3v) is 5.04. The summed E-state index contributed by atoms with van der Waals surface area (Å²) in [6.07, 6.45) is 0.415. The Labute approximate surface area is 129 Å². The third-order valence-electron chi connectivity index (χ3n) is 3.47. The quantitative estimate of drug-likeness (QED) is 0.598. The number of carbonyl (C=O) groups is 2. The van der Waals surface area contributed by atoms with Crippen molar-refractivity contribution >= 4 is 23.3 Å². The molecule has 2 rings (SSSR count). The smallest absolute Gasteiger partial charge is 0.154 e. The van der Waals surface area contributed by atoms with Crippen molar-refractivity contribution in [2.45, 2.75) is 29.9 Å². The zero-order chi connectivity index (χ0) is 15.3. The fourth-order valence-electron chi connectivity index (χ4n) is 2.25. The van der Waals surface area contributed by atoms with Crippen LogP contribution in [0.1, 0.15) is 19.4 Å². The second kappa shape index (κ2) is 6.72. The molecule has 0 saturated heterocycles. The molecule has 0 bridgehead atoms. The van der Waals surface area contributed by atoms with E-state index in [9.17, 15) is 9.59 Å². The first-order valence-corrected chi connectivity index (χ1v) is 7.66. The maximum atomic E-state index is 12.3. The molecule has 2 aromatic carbocycles. The first-order chi connectivity index (χ1) is 10.0. The lowest BCUT2D eigenvalue weighted by molar-refractivity contribution is -0.128. The summed E-state index contributed by atoms with van der Waals surface area (Å²) in [4.78, 5) is 25.5. The largest absolute Gasteiger partial charge is 0.298 e. The Morgan fingerprint density at radius 1 is 0.857 bits per heavy atom. The highest BCUT2D eigenvalue weighted by atomic mass is 32.2. The second-order valence-corrected chi connectivity index (χ2v) is 6.39. The van der Waals surface area contributed by atoms with Gasteiger partial charge < -0.3 is 0 Å². The van der Waals surface area contributed by atoms with E-state index < -0.39 is 4.75 Å². The van der Waals surface area contributed by atoms with Crippen molar-refractivity contribution in [1.29, 1.82) is 0 Å². The van der Waals surface area contributed by atoms with Crippen LogP contribution < -0.4 is 0 Å². The van der Waals surface area contributed by atoms with Gasteiger partial charge in [-0.15, -0.1) is 11.8 Å². The lowest BCUT2D eigenvalue weighted by atomic mass is 9.91. The van der Waals surface area contributed by atoms with Crippen LogP contribution in [-0.4, -0.2) is 16.3 Å². The van der Waals surface area contributed by atoms with Gasteiger partial charge in [0, 0.05) is 11.3 Å². The zero-order valence-electron chi connectivity index (χ0n) is 12.2. The van der Waals surface area contributed by atoms with Crippen LogP contribution in [0, 0.1) is 0 Å². The van der Waals surface area contributed by atoms with E-state index in [-0.39, 0.29) is 11.6 Å². The number of thioether (sulfide) groups is 1. The number of hydrogen-bond acceptors (Lipinski definition) is 3. The summed E-state index contributed by atoms with van der Waals surface area (Å²) in [5.74, 6) is -0.208. The predicted molar refractivity (Wildman–Crippen MR) is 86.5 cm³/mol. The summed E-state index contributed by atoms with van der Waals surface area (Å²) in [7, 11) is 0. The molecule has 108 valence electrons. The highest BCUT2D eigenvalue weighted by Crippen LogP contribution is 2.37. The molecule has 0 unspecified atom stereocenters. The van der Waals surface area contributed by atoms with Crippen LogP contribution in [0.2, 0.25) is 0 Å². The van der Waals surface area contributed by atoms with E-state index in [1.165, 1.54) is 25.6 Å². The molecule has 0 amide bonds. The van der Waals surface area contributed by atoms with Crippen molar-refractivity contribution in [3.8, 4) is 0 Å². The molecule has 0 aliphatic carbocycles. The predicted octanol–water partition coefficient (Wildman–Crippen LogP) is 3.94. The molecular weight excluding hydrogens is 280 g/mol. The third kappa shape index (κ3) is 3.61. The number of benzene rings is 2. The Morgan fingerprint density at radius 2 is 1.33 bits per heavy atom. The molecule has 0 N–H and O–H groups in total. The van der Waals surface area contributed by atoms with Crippen LogP contribution >= 0.6 is 11.8 Å². The topological polar surface area (TPSA) is 34.1 Å². The molecule has 0 atom stereocenters. The molecule has 0 fully saturated rings. The van der Waals surface area contributed by atoms with Crippen molar-refractivity contribution in [3.63, 3.8) is 0 Å². The number of carbonyl (C=O) groups excluding carboxylic acids is 2. The van der Waals surface area contributed by atoms with Crippen molar-refractivity contribution in [2.24, 2.45) is 0 Å². The van der Waals surface area contributed by atoms with Crippen LogP contribution in [0.3, 0.4) is 0 Å².